The van der Waals surface area contributed by atoms with Crippen LogP contribution in [0.3, 0.4) is 0 Å². The van der Waals surface area contributed by atoms with Crippen molar-refractivity contribution in [1.29, 1.82) is 0 Å². The van der Waals surface area contributed by atoms with Crippen molar-refractivity contribution < 1.29 is 14.3 Å². The van der Waals surface area contributed by atoms with Gasteiger partial charge in [0.2, 0.25) is 0 Å². The van der Waals surface area contributed by atoms with Gasteiger partial charge in [-0.3, -0.25) is 9.59 Å². The Kier molecular flexibility index (Phi) is 6.95. The molecule has 1 amide bonds. The fraction of sp³-hybridized carbons (Fsp3) is 0.304. The number of hydrogen-bond donors (Lipinski definition) is 1. The second-order valence-corrected chi connectivity index (χ2v) is 6.95. The highest BCUT2D eigenvalue weighted by Gasteiger charge is 2.19. The smallest absolute Gasteiger partial charge is 0.359 e. The lowest BCUT2D eigenvalue weighted by molar-refractivity contribution is -0.119. The van der Waals surface area contributed by atoms with E-state index in [1.165, 1.54) is 4.68 Å². The topological polar surface area (TPSA) is 90.3 Å². The summed E-state index contributed by atoms with van der Waals surface area (Å²) in [5.41, 5.74) is 1.57. The molecule has 30 heavy (non-hydrogen) atoms. The molecule has 1 N–H and O–H groups in total. The number of fused-ring (bicyclic) bond motifs is 1. The molecule has 7 heteroatoms. The number of esters is 1. The molecule has 0 saturated carbocycles. The van der Waals surface area contributed by atoms with Crippen LogP contribution in [0.1, 0.15) is 42.7 Å². The van der Waals surface area contributed by atoms with Crippen LogP contribution in [0.4, 0.5) is 5.69 Å². The molecule has 7 nitrogen and oxygen atoms in total. The van der Waals surface area contributed by atoms with Gasteiger partial charge >= 0.3 is 5.97 Å². The zero-order chi connectivity index (χ0) is 21.5. The van der Waals surface area contributed by atoms with Crippen molar-refractivity contribution in [1.82, 2.24) is 9.78 Å². The van der Waals surface area contributed by atoms with Gasteiger partial charge in [-0.1, -0.05) is 50.6 Å². The monoisotopic (exact) mass is 407 g/mol. The van der Waals surface area contributed by atoms with Gasteiger partial charge in [-0.25, -0.2) is 9.48 Å². The number of nitrogens with one attached hydrogen (secondary N) is 1. The summed E-state index contributed by atoms with van der Waals surface area (Å²) in [5, 5.41) is 7.72. The van der Waals surface area contributed by atoms with E-state index in [0.29, 0.717) is 23.0 Å². The van der Waals surface area contributed by atoms with Gasteiger partial charge in [0.05, 0.1) is 5.39 Å². The summed E-state index contributed by atoms with van der Waals surface area (Å²) >= 11 is 0. The number of amides is 1. The SMILES string of the molecule is CCCCn1nc(C(=O)OCC(=O)Nc2ccc(CC)cc2)c2ccccc2c1=O. The number of anilines is 1. The van der Waals surface area contributed by atoms with E-state index in [1.807, 2.05) is 19.1 Å². The Morgan fingerprint density at radius 3 is 2.40 bits per heavy atom. The van der Waals surface area contributed by atoms with Crippen molar-refractivity contribution in [2.24, 2.45) is 0 Å². The Bertz CT molecular complexity index is 1100. The molecule has 0 spiro atoms. The average molecular weight is 407 g/mol. The van der Waals surface area contributed by atoms with Crippen molar-refractivity contribution in [3.63, 3.8) is 0 Å². The van der Waals surface area contributed by atoms with Crippen LogP contribution in [0.15, 0.2) is 53.3 Å². The highest BCUT2D eigenvalue weighted by molar-refractivity contribution is 6.03. The first-order chi connectivity index (χ1) is 14.5. The van der Waals surface area contributed by atoms with Crippen molar-refractivity contribution in [3.8, 4) is 0 Å². The fourth-order valence-electron chi connectivity index (χ4n) is 3.07. The molecule has 0 radical (unpaired) electrons. The molecule has 0 aliphatic heterocycles. The zero-order valence-electron chi connectivity index (χ0n) is 17.2. The number of ether oxygens (including phenoxy) is 1. The van der Waals surface area contributed by atoms with Gasteiger partial charge in [0.1, 0.15) is 0 Å². The van der Waals surface area contributed by atoms with Crippen LogP contribution >= 0.6 is 0 Å². The van der Waals surface area contributed by atoms with Crippen LogP contribution in [-0.2, 0) is 22.5 Å². The average Bonchev–Trinajstić information content (AvgIpc) is 2.77. The second kappa shape index (κ2) is 9.82. The first kappa shape index (κ1) is 21.2. The minimum Gasteiger partial charge on any atom is -0.451 e. The quantitative estimate of drug-likeness (QED) is 0.577. The van der Waals surface area contributed by atoms with E-state index in [9.17, 15) is 14.4 Å². The van der Waals surface area contributed by atoms with E-state index >= 15 is 0 Å². The van der Waals surface area contributed by atoms with Crippen molar-refractivity contribution >= 4 is 28.3 Å². The summed E-state index contributed by atoms with van der Waals surface area (Å²) in [7, 11) is 0. The number of aromatic nitrogens is 2. The second-order valence-electron chi connectivity index (χ2n) is 6.95. The molecule has 0 fully saturated rings. The first-order valence-corrected chi connectivity index (χ1v) is 10.1. The van der Waals surface area contributed by atoms with Gasteiger partial charge < -0.3 is 10.1 Å². The molecule has 0 aliphatic rings. The molecular formula is C23H25N3O4. The largest absolute Gasteiger partial charge is 0.451 e. The summed E-state index contributed by atoms with van der Waals surface area (Å²) < 4.78 is 6.48. The highest BCUT2D eigenvalue weighted by atomic mass is 16.5. The normalized spacial score (nSPS) is 10.7. The number of rotatable bonds is 8. The number of nitrogens with zero attached hydrogens (tertiary/aromatic N) is 2. The third-order valence-electron chi connectivity index (χ3n) is 4.76. The number of unbranched alkanes of at least 4 members (excludes halogenated alkanes) is 1. The van der Waals surface area contributed by atoms with Gasteiger partial charge in [-0.05, 0) is 36.6 Å². The maximum atomic E-state index is 12.7. The summed E-state index contributed by atoms with van der Waals surface area (Å²) in [5.74, 6) is -1.19. The minimum absolute atomic E-state index is 0.0291. The number of aryl methyl sites for hydroxylation is 2. The van der Waals surface area contributed by atoms with E-state index < -0.39 is 18.5 Å². The number of carbonyl (C=O) groups is 2. The molecule has 0 saturated heterocycles. The van der Waals surface area contributed by atoms with Crippen LogP contribution in [0.5, 0.6) is 0 Å². The molecule has 3 rings (SSSR count). The summed E-state index contributed by atoms with van der Waals surface area (Å²) in [6.07, 6.45) is 2.56. The van der Waals surface area contributed by atoms with Crippen LogP contribution in [-0.4, -0.2) is 28.3 Å². The summed E-state index contributed by atoms with van der Waals surface area (Å²) in [4.78, 5) is 37.4. The predicted molar refractivity (Wildman–Crippen MR) is 116 cm³/mol. The standard InChI is InChI=1S/C23H25N3O4/c1-3-5-14-26-22(28)19-9-7-6-8-18(19)21(25-26)23(29)30-15-20(27)24-17-12-10-16(4-2)11-13-17/h6-13H,3-5,14-15H2,1-2H3,(H,24,27). The Morgan fingerprint density at radius 2 is 1.73 bits per heavy atom. The maximum absolute atomic E-state index is 12.7. The zero-order valence-corrected chi connectivity index (χ0v) is 17.2. The lowest BCUT2D eigenvalue weighted by Crippen LogP contribution is -2.27. The van der Waals surface area contributed by atoms with Crippen LogP contribution in [0.2, 0.25) is 0 Å². The van der Waals surface area contributed by atoms with Crippen molar-refractivity contribution in [3.05, 3.63) is 70.1 Å². The molecule has 0 aliphatic carbocycles. The van der Waals surface area contributed by atoms with E-state index in [4.69, 9.17) is 4.74 Å². The predicted octanol–water partition coefficient (Wildman–Crippen LogP) is 3.55. The molecule has 156 valence electrons. The maximum Gasteiger partial charge on any atom is 0.359 e. The van der Waals surface area contributed by atoms with Crippen LogP contribution < -0.4 is 10.9 Å². The van der Waals surface area contributed by atoms with E-state index in [0.717, 1.165) is 24.8 Å². The molecule has 0 unspecified atom stereocenters. The van der Waals surface area contributed by atoms with Crippen molar-refractivity contribution in [2.75, 3.05) is 11.9 Å². The number of hydrogen-bond acceptors (Lipinski definition) is 5. The van der Waals surface area contributed by atoms with E-state index in [2.05, 4.69) is 17.3 Å². The Balaban J connectivity index is 1.74. The molecular weight excluding hydrogens is 382 g/mol. The van der Waals surface area contributed by atoms with Gasteiger partial charge in [-0.2, -0.15) is 5.10 Å². The van der Waals surface area contributed by atoms with Crippen LogP contribution in [0.25, 0.3) is 10.8 Å². The Labute approximate surface area is 174 Å². The Hall–Kier alpha value is -3.48. The van der Waals surface area contributed by atoms with Gasteiger partial charge in [0.15, 0.2) is 12.3 Å². The highest BCUT2D eigenvalue weighted by Crippen LogP contribution is 2.15. The molecule has 1 heterocycles. The Morgan fingerprint density at radius 1 is 1.03 bits per heavy atom. The minimum atomic E-state index is -0.743. The van der Waals surface area contributed by atoms with Gasteiger partial charge in [0, 0.05) is 17.6 Å². The van der Waals surface area contributed by atoms with Gasteiger partial charge in [-0.15, -0.1) is 0 Å². The number of benzene rings is 2. The van der Waals surface area contributed by atoms with Crippen molar-refractivity contribution in [2.45, 2.75) is 39.7 Å². The lowest BCUT2D eigenvalue weighted by atomic mass is 10.1. The third-order valence-corrected chi connectivity index (χ3v) is 4.76. The molecule has 1 aromatic heterocycles. The van der Waals surface area contributed by atoms with Crippen LogP contribution in [0, 0.1) is 0 Å². The van der Waals surface area contributed by atoms with E-state index in [1.54, 1.807) is 36.4 Å². The van der Waals surface area contributed by atoms with Gasteiger partial charge in [0.25, 0.3) is 11.5 Å². The molecule has 0 bridgehead atoms. The molecule has 2 aromatic carbocycles. The summed E-state index contributed by atoms with van der Waals surface area (Å²) in [6, 6.07) is 14.2. The molecule has 0 atom stereocenters. The lowest BCUT2D eigenvalue weighted by Gasteiger charge is -2.11. The van der Waals surface area contributed by atoms with E-state index in [-0.39, 0.29) is 11.3 Å². The summed E-state index contributed by atoms with van der Waals surface area (Å²) in [6.45, 7) is 4.03. The first-order valence-electron chi connectivity index (χ1n) is 10.1. The fourth-order valence-corrected chi connectivity index (χ4v) is 3.07. The number of carbonyl (C=O) groups excluding carboxylic acids is 2. The third kappa shape index (κ3) is 4.92. The molecule has 3 aromatic rings.